The van der Waals surface area contributed by atoms with Crippen LogP contribution in [-0.2, 0) is 19.7 Å². The Balaban J connectivity index is 1.21. The maximum absolute atomic E-state index is 12.7. The van der Waals surface area contributed by atoms with Gasteiger partial charge in [-0.3, -0.25) is 4.18 Å². The molecule has 1 N–H and O–H groups in total. The zero-order chi connectivity index (χ0) is 34.3. The lowest BCUT2D eigenvalue weighted by Gasteiger charge is -2.34. The van der Waals surface area contributed by atoms with Crippen molar-refractivity contribution >= 4 is 10.1 Å². The van der Waals surface area contributed by atoms with Crippen LogP contribution in [0.4, 0.5) is 0 Å². The molecule has 1 aromatic heterocycles. The second kappa shape index (κ2) is 14.6. The lowest BCUT2D eigenvalue weighted by Crippen LogP contribution is -2.32. The molecule has 0 fully saturated rings. The Kier molecular flexibility index (Phi) is 10.1. The van der Waals surface area contributed by atoms with E-state index >= 15 is 0 Å². The highest BCUT2D eigenvalue weighted by Crippen LogP contribution is 2.44. The van der Waals surface area contributed by atoms with E-state index in [0.29, 0.717) is 19.4 Å². The number of aromatic amines is 1. The van der Waals surface area contributed by atoms with Crippen molar-refractivity contribution in [3.8, 4) is 17.0 Å². The highest BCUT2D eigenvalue weighted by Gasteiger charge is 2.41. The summed E-state index contributed by atoms with van der Waals surface area (Å²) < 4.78 is 37.1. The van der Waals surface area contributed by atoms with Gasteiger partial charge in [-0.1, -0.05) is 135 Å². The monoisotopic (exact) mass is 670 g/mol. The molecular weight excluding hydrogens is 629 g/mol. The van der Waals surface area contributed by atoms with Crippen LogP contribution in [0.15, 0.2) is 151 Å². The van der Waals surface area contributed by atoms with Gasteiger partial charge in [0.15, 0.2) is 0 Å². The zero-order valence-corrected chi connectivity index (χ0v) is 29.0. The molecule has 0 atom stereocenters. The maximum atomic E-state index is 12.7. The molecule has 7 heteroatoms. The first-order valence-electron chi connectivity index (χ1n) is 16.6. The van der Waals surface area contributed by atoms with Crippen molar-refractivity contribution < 1.29 is 17.3 Å². The Labute approximate surface area is 289 Å². The van der Waals surface area contributed by atoms with Gasteiger partial charge in [0.05, 0.1) is 30.0 Å². The van der Waals surface area contributed by atoms with Crippen molar-refractivity contribution in [1.82, 2.24) is 9.97 Å². The van der Waals surface area contributed by atoms with Crippen LogP contribution in [-0.4, -0.2) is 31.6 Å². The molecule has 0 radical (unpaired) electrons. The van der Waals surface area contributed by atoms with E-state index in [4.69, 9.17) is 13.9 Å². The summed E-state index contributed by atoms with van der Waals surface area (Å²) >= 11 is 0. The van der Waals surface area contributed by atoms with E-state index in [9.17, 15) is 8.42 Å². The molecule has 6 nitrogen and oxygen atoms in total. The largest absolute Gasteiger partial charge is 0.493 e. The van der Waals surface area contributed by atoms with E-state index < -0.39 is 15.5 Å². The molecule has 6 rings (SSSR count). The summed E-state index contributed by atoms with van der Waals surface area (Å²) in [6.07, 6.45) is 3.16. The van der Waals surface area contributed by atoms with Crippen LogP contribution in [0.25, 0.3) is 11.3 Å². The number of imidazole rings is 1. The molecule has 1 heterocycles. The summed E-state index contributed by atoms with van der Waals surface area (Å²) in [5.41, 5.74) is 5.19. The van der Waals surface area contributed by atoms with Gasteiger partial charge in [-0.25, -0.2) is 4.98 Å². The maximum Gasteiger partial charge on any atom is 0.296 e. The predicted molar refractivity (Wildman–Crippen MR) is 195 cm³/mol. The summed E-state index contributed by atoms with van der Waals surface area (Å²) in [6, 6.07) is 46.1. The van der Waals surface area contributed by atoms with Crippen LogP contribution in [0.3, 0.4) is 0 Å². The van der Waals surface area contributed by atoms with Crippen molar-refractivity contribution in [3.63, 3.8) is 0 Å². The van der Waals surface area contributed by atoms with E-state index in [0.717, 1.165) is 45.1 Å². The average Bonchev–Trinajstić information content (AvgIpc) is 3.61. The normalized spacial score (nSPS) is 12.1. The number of H-pyrrole nitrogens is 1. The Morgan fingerprint density at radius 3 is 1.73 bits per heavy atom. The minimum Gasteiger partial charge on any atom is -0.493 e. The van der Waals surface area contributed by atoms with E-state index in [1.54, 1.807) is 24.3 Å². The topological polar surface area (TPSA) is 81.3 Å². The highest BCUT2D eigenvalue weighted by atomic mass is 32.2. The molecule has 0 saturated carbocycles. The minimum absolute atomic E-state index is 0.0999. The second-order valence-electron chi connectivity index (χ2n) is 13.1. The summed E-state index contributed by atoms with van der Waals surface area (Å²) in [7, 11) is -3.80. The van der Waals surface area contributed by atoms with Crippen LogP contribution in [0.2, 0.25) is 0 Å². The fraction of sp³-hybridized carbons (Fsp3) is 0.214. The molecule has 49 heavy (non-hydrogen) atoms. The standard InChI is InChI=1S/C42H42N2O4S/c1-32-23-25-36(26-24-32)49(45,46)48-30-28-41(2,3)27-29-47-39-22-14-13-21-37(39)38-31-43-40(44-38)42(33-15-7-4-8-16-33,34-17-9-5-10-18-34)35-19-11-6-12-20-35/h4-26,31H,27-30H2,1-3H3,(H,43,44). The Morgan fingerprint density at radius 1 is 0.653 bits per heavy atom. The molecule has 0 unspecified atom stereocenters. The first-order valence-corrected chi connectivity index (χ1v) is 18.0. The number of hydrogen-bond acceptors (Lipinski definition) is 5. The van der Waals surface area contributed by atoms with Crippen molar-refractivity contribution in [3.05, 3.63) is 174 Å². The molecule has 5 aromatic carbocycles. The highest BCUT2D eigenvalue weighted by molar-refractivity contribution is 7.86. The number of nitrogens with one attached hydrogen (secondary N) is 1. The quantitative estimate of drug-likeness (QED) is 0.0923. The summed E-state index contributed by atoms with van der Waals surface area (Å²) in [5, 5.41) is 0. The van der Waals surface area contributed by atoms with Gasteiger partial charge in [0.2, 0.25) is 0 Å². The molecule has 250 valence electrons. The molecule has 0 aliphatic rings. The van der Waals surface area contributed by atoms with Crippen molar-refractivity contribution in [2.45, 2.75) is 43.9 Å². The third-order valence-electron chi connectivity index (χ3n) is 9.09. The van der Waals surface area contributed by atoms with Crippen LogP contribution in [0.5, 0.6) is 5.75 Å². The lowest BCUT2D eigenvalue weighted by molar-refractivity contribution is 0.184. The third-order valence-corrected chi connectivity index (χ3v) is 10.4. The number of nitrogens with zero attached hydrogens (tertiary/aromatic N) is 1. The van der Waals surface area contributed by atoms with Gasteiger partial charge in [0.25, 0.3) is 10.1 Å². The van der Waals surface area contributed by atoms with Crippen LogP contribution < -0.4 is 4.74 Å². The Bertz CT molecular complexity index is 1960. The van der Waals surface area contributed by atoms with Crippen molar-refractivity contribution in [2.24, 2.45) is 5.41 Å². The Hall–Kier alpha value is -4.98. The summed E-state index contributed by atoms with van der Waals surface area (Å²) in [5.74, 6) is 1.55. The van der Waals surface area contributed by atoms with Gasteiger partial charge in [-0.05, 0) is 66.1 Å². The number of rotatable bonds is 14. The number of ether oxygens (including phenoxy) is 1. The van der Waals surface area contributed by atoms with Gasteiger partial charge >= 0.3 is 0 Å². The smallest absolute Gasteiger partial charge is 0.296 e. The summed E-state index contributed by atoms with van der Waals surface area (Å²) in [6.45, 7) is 6.67. The van der Waals surface area contributed by atoms with Crippen molar-refractivity contribution in [2.75, 3.05) is 13.2 Å². The fourth-order valence-corrected chi connectivity index (χ4v) is 7.11. The van der Waals surface area contributed by atoms with Gasteiger partial charge in [-0.15, -0.1) is 0 Å². The third kappa shape index (κ3) is 7.53. The molecule has 6 aromatic rings. The average molecular weight is 671 g/mol. The first kappa shape index (κ1) is 33.9. The van der Waals surface area contributed by atoms with Gasteiger partial charge in [-0.2, -0.15) is 8.42 Å². The van der Waals surface area contributed by atoms with Crippen LogP contribution in [0, 0.1) is 12.3 Å². The molecule has 0 aliphatic heterocycles. The number of para-hydroxylation sites is 1. The van der Waals surface area contributed by atoms with E-state index in [1.165, 1.54) is 0 Å². The number of benzene rings is 5. The summed E-state index contributed by atoms with van der Waals surface area (Å²) in [4.78, 5) is 8.94. The zero-order valence-electron chi connectivity index (χ0n) is 28.2. The first-order chi connectivity index (χ1) is 23.7. The molecule has 0 bridgehead atoms. The van der Waals surface area contributed by atoms with Gasteiger partial charge in [0.1, 0.15) is 17.0 Å². The molecule has 0 aliphatic carbocycles. The van der Waals surface area contributed by atoms with E-state index in [2.05, 4.69) is 91.6 Å². The molecule has 0 saturated heterocycles. The lowest BCUT2D eigenvalue weighted by atomic mass is 9.69. The predicted octanol–water partition coefficient (Wildman–Crippen LogP) is 9.36. The minimum atomic E-state index is -3.80. The van der Waals surface area contributed by atoms with E-state index in [-0.39, 0.29) is 16.9 Å². The fourth-order valence-electron chi connectivity index (χ4n) is 6.20. The van der Waals surface area contributed by atoms with Crippen molar-refractivity contribution in [1.29, 1.82) is 0 Å². The molecular formula is C42H42N2O4S. The number of aromatic nitrogens is 2. The van der Waals surface area contributed by atoms with Gasteiger partial charge < -0.3 is 9.72 Å². The van der Waals surface area contributed by atoms with E-state index in [1.807, 2.05) is 55.6 Å². The van der Waals surface area contributed by atoms with Crippen LogP contribution in [0.1, 0.15) is 54.8 Å². The molecule has 0 spiro atoms. The Morgan fingerprint density at radius 2 is 1.16 bits per heavy atom. The number of hydrogen-bond donors (Lipinski definition) is 1. The molecule has 0 amide bonds. The second-order valence-corrected chi connectivity index (χ2v) is 14.7. The van der Waals surface area contributed by atoms with Crippen LogP contribution >= 0.6 is 0 Å². The number of aryl methyl sites for hydroxylation is 1. The van der Waals surface area contributed by atoms with Gasteiger partial charge in [0, 0.05) is 5.56 Å². The SMILES string of the molecule is Cc1ccc(S(=O)(=O)OCCC(C)(C)CCOc2ccccc2-c2cnc(C(c3ccccc3)(c3ccccc3)c3ccccc3)[nH]2)cc1.